The van der Waals surface area contributed by atoms with Crippen LogP contribution in [-0.4, -0.2) is 11.6 Å². The van der Waals surface area contributed by atoms with Crippen LogP contribution in [0.15, 0.2) is 12.3 Å². The van der Waals surface area contributed by atoms with Crippen LogP contribution in [0.25, 0.3) is 0 Å². The zero-order chi connectivity index (χ0) is 8.97. The van der Waals surface area contributed by atoms with Gasteiger partial charge in [0.1, 0.15) is 5.75 Å². The monoisotopic (exact) mass is 165 g/mol. The lowest BCUT2D eigenvalue weighted by molar-refractivity contribution is 0.337. The van der Waals surface area contributed by atoms with Crippen molar-refractivity contribution >= 4 is 0 Å². The van der Waals surface area contributed by atoms with Crippen molar-refractivity contribution in [2.45, 2.75) is 6.92 Å². The van der Waals surface area contributed by atoms with E-state index in [0.717, 1.165) is 0 Å². The SMILES string of the molecule is C#Cc1cc(OCC)cnc1F. The van der Waals surface area contributed by atoms with Gasteiger partial charge in [-0.2, -0.15) is 4.39 Å². The van der Waals surface area contributed by atoms with E-state index in [9.17, 15) is 4.39 Å². The number of terminal acetylenes is 1. The molecule has 0 aromatic carbocycles. The summed E-state index contributed by atoms with van der Waals surface area (Å²) < 4.78 is 17.8. The second kappa shape index (κ2) is 3.72. The van der Waals surface area contributed by atoms with Crippen LogP contribution in [0, 0.1) is 18.3 Å². The topological polar surface area (TPSA) is 22.1 Å². The molecule has 1 aromatic rings. The average molecular weight is 165 g/mol. The Balaban J connectivity index is 2.99. The summed E-state index contributed by atoms with van der Waals surface area (Å²) in [6, 6.07) is 1.45. The Bertz CT molecular complexity index is 317. The summed E-state index contributed by atoms with van der Waals surface area (Å²) in [5.74, 6) is 2.03. The maximum absolute atomic E-state index is 12.7. The number of nitrogens with zero attached hydrogens (tertiary/aromatic N) is 1. The number of hydrogen-bond acceptors (Lipinski definition) is 2. The van der Waals surface area contributed by atoms with Gasteiger partial charge in [0.15, 0.2) is 0 Å². The number of aromatic nitrogens is 1. The minimum Gasteiger partial charge on any atom is -0.492 e. The molecule has 1 aromatic heterocycles. The third kappa shape index (κ3) is 1.73. The van der Waals surface area contributed by atoms with Gasteiger partial charge in [-0.05, 0) is 6.92 Å². The fraction of sp³-hybridized carbons (Fsp3) is 0.222. The van der Waals surface area contributed by atoms with Crippen LogP contribution in [0.1, 0.15) is 12.5 Å². The zero-order valence-electron chi connectivity index (χ0n) is 6.67. The predicted molar refractivity (Wildman–Crippen MR) is 43.3 cm³/mol. The molecule has 0 saturated carbocycles. The molecule has 0 radical (unpaired) electrons. The second-order valence-electron chi connectivity index (χ2n) is 2.09. The van der Waals surface area contributed by atoms with Crippen LogP contribution in [-0.2, 0) is 0 Å². The van der Waals surface area contributed by atoms with Gasteiger partial charge in [-0.3, -0.25) is 0 Å². The predicted octanol–water partition coefficient (Wildman–Crippen LogP) is 1.60. The first-order chi connectivity index (χ1) is 5.77. The number of halogens is 1. The summed E-state index contributed by atoms with van der Waals surface area (Å²) in [5, 5.41) is 0. The van der Waals surface area contributed by atoms with E-state index in [1.165, 1.54) is 12.3 Å². The van der Waals surface area contributed by atoms with Crippen molar-refractivity contribution < 1.29 is 9.13 Å². The highest BCUT2D eigenvalue weighted by Gasteiger charge is 2.01. The highest BCUT2D eigenvalue weighted by Crippen LogP contribution is 2.12. The molecule has 0 aliphatic rings. The van der Waals surface area contributed by atoms with E-state index in [2.05, 4.69) is 10.9 Å². The van der Waals surface area contributed by atoms with Gasteiger partial charge in [0.05, 0.1) is 18.4 Å². The van der Waals surface area contributed by atoms with Gasteiger partial charge in [-0.15, -0.1) is 6.42 Å². The maximum atomic E-state index is 12.7. The molecule has 0 unspecified atom stereocenters. The summed E-state index contributed by atoms with van der Waals surface area (Å²) in [5.41, 5.74) is 0.126. The van der Waals surface area contributed by atoms with E-state index in [-0.39, 0.29) is 5.56 Å². The summed E-state index contributed by atoms with van der Waals surface area (Å²) >= 11 is 0. The Kier molecular flexibility index (Phi) is 2.65. The van der Waals surface area contributed by atoms with Crippen molar-refractivity contribution in [3.05, 3.63) is 23.8 Å². The average Bonchev–Trinajstić information content (AvgIpc) is 2.09. The molecule has 0 aliphatic heterocycles. The van der Waals surface area contributed by atoms with Crippen molar-refractivity contribution in [1.82, 2.24) is 4.98 Å². The quantitative estimate of drug-likeness (QED) is 0.490. The molecule has 0 bridgehead atoms. The number of hydrogen-bond donors (Lipinski definition) is 0. The molecule has 0 N–H and O–H groups in total. The molecule has 0 amide bonds. The van der Waals surface area contributed by atoms with Crippen molar-refractivity contribution in [3.63, 3.8) is 0 Å². The van der Waals surface area contributed by atoms with Crippen LogP contribution in [0.4, 0.5) is 4.39 Å². The minimum absolute atomic E-state index is 0.126. The van der Waals surface area contributed by atoms with Crippen LogP contribution >= 0.6 is 0 Å². The first kappa shape index (κ1) is 8.54. The van der Waals surface area contributed by atoms with Gasteiger partial charge in [0.25, 0.3) is 0 Å². The van der Waals surface area contributed by atoms with E-state index < -0.39 is 5.95 Å². The van der Waals surface area contributed by atoms with Crippen LogP contribution < -0.4 is 4.74 Å². The van der Waals surface area contributed by atoms with Gasteiger partial charge >= 0.3 is 0 Å². The van der Waals surface area contributed by atoms with Gasteiger partial charge in [-0.1, -0.05) is 5.92 Å². The Hall–Kier alpha value is -1.56. The molecule has 0 atom stereocenters. The molecule has 0 saturated heterocycles. The maximum Gasteiger partial charge on any atom is 0.228 e. The fourth-order valence-corrected chi connectivity index (χ4v) is 0.776. The van der Waals surface area contributed by atoms with Crippen LogP contribution in [0.5, 0.6) is 5.75 Å². The van der Waals surface area contributed by atoms with Crippen LogP contribution in [0.2, 0.25) is 0 Å². The number of ether oxygens (including phenoxy) is 1. The smallest absolute Gasteiger partial charge is 0.228 e. The highest BCUT2D eigenvalue weighted by molar-refractivity contribution is 5.35. The summed E-state index contributed by atoms with van der Waals surface area (Å²) in [7, 11) is 0. The Labute approximate surface area is 70.4 Å². The second-order valence-corrected chi connectivity index (χ2v) is 2.09. The van der Waals surface area contributed by atoms with Gasteiger partial charge in [0, 0.05) is 6.07 Å². The zero-order valence-corrected chi connectivity index (χ0v) is 6.67. The third-order valence-corrected chi connectivity index (χ3v) is 1.28. The summed E-state index contributed by atoms with van der Waals surface area (Å²) in [6.07, 6.45) is 6.34. The molecule has 2 nitrogen and oxygen atoms in total. The fourth-order valence-electron chi connectivity index (χ4n) is 0.776. The minimum atomic E-state index is -0.638. The largest absolute Gasteiger partial charge is 0.492 e. The molecule has 1 heterocycles. The molecule has 0 fully saturated rings. The van der Waals surface area contributed by atoms with E-state index in [0.29, 0.717) is 12.4 Å². The van der Waals surface area contributed by atoms with E-state index in [4.69, 9.17) is 11.2 Å². The highest BCUT2D eigenvalue weighted by atomic mass is 19.1. The molecular weight excluding hydrogens is 157 g/mol. The molecule has 62 valence electrons. The lowest BCUT2D eigenvalue weighted by atomic mass is 10.3. The van der Waals surface area contributed by atoms with E-state index in [1.54, 1.807) is 0 Å². The molecule has 1 rings (SSSR count). The van der Waals surface area contributed by atoms with Crippen LogP contribution in [0.3, 0.4) is 0 Å². The molecule has 0 aliphatic carbocycles. The first-order valence-corrected chi connectivity index (χ1v) is 3.53. The Morgan fingerprint density at radius 3 is 3.08 bits per heavy atom. The Morgan fingerprint density at radius 1 is 1.75 bits per heavy atom. The standard InChI is InChI=1S/C9H8FNO/c1-3-7-5-8(12-4-2)6-11-9(7)10/h1,5-6H,4H2,2H3. The lowest BCUT2D eigenvalue weighted by Crippen LogP contribution is -1.95. The van der Waals surface area contributed by atoms with Crippen molar-refractivity contribution in [2.75, 3.05) is 6.61 Å². The molecule has 3 heteroatoms. The first-order valence-electron chi connectivity index (χ1n) is 3.53. The van der Waals surface area contributed by atoms with Gasteiger partial charge < -0.3 is 4.74 Å². The van der Waals surface area contributed by atoms with E-state index >= 15 is 0 Å². The van der Waals surface area contributed by atoms with E-state index in [1.807, 2.05) is 6.92 Å². The lowest BCUT2D eigenvalue weighted by Gasteiger charge is -2.01. The van der Waals surface area contributed by atoms with Crippen molar-refractivity contribution in [1.29, 1.82) is 0 Å². The Morgan fingerprint density at radius 2 is 2.50 bits per heavy atom. The molecule has 12 heavy (non-hydrogen) atoms. The number of rotatable bonds is 2. The normalized spacial score (nSPS) is 9.08. The number of pyridine rings is 1. The summed E-state index contributed by atoms with van der Waals surface area (Å²) in [6.45, 7) is 2.34. The summed E-state index contributed by atoms with van der Waals surface area (Å²) in [4.78, 5) is 3.43. The van der Waals surface area contributed by atoms with Gasteiger partial charge in [0.2, 0.25) is 5.95 Å². The van der Waals surface area contributed by atoms with Gasteiger partial charge in [-0.25, -0.2) is 4.98 Å². The molecule has 0 spiro atoms. The molecular formula is C9H8FNO. The van der Waals surface area contributed by atoms with Crippen molar-refractivity contribution in [3.8, 4) is 18.1 Å². The van der Waals surface area contributed by atoms with Crippen molar-refractivity contribution in [2.24, 2.45) is 0 Å². The third-order valence-electron chi connectivity index (χ3n) is 1.28.